The van der Waals surface area contributed by atoms with Gasteiger partial charge in [0.25, 0.3) is 5.96 Å². The normalized spacial score (nSPS) is 18.0. The van der Waals surface area contributed by atoms with E-state index >= 15 is 0 Å². The zero-order valence-corrected chi connectivity index (χ0v) is 13.4. The first-order chi connectivity index (χ1) is 10.5. The van der Waals surface area contributed by atoms with Crippen LogP contribution in [-0.4, -0.2) is 57.6 Å². The van der Waals surface area contributed by atoms with E-state index in [9.17, 15) is 10.1 Å². The summed E-state index contributed by atoms with van der Waals surface area (Å²) in [5, 5.41) is 14.1. The smallest absolute Gasteiger partial charge is 0.276 e. The van der Waals surface area contributed by atoms with Crippen LogP contribution in [0.4, 0.5) is 0 Å². The summed E-state index contributed by atoms with van der Waals surface area (Å²) in [6.07, 6.45) is 2.69. The number of aromatic nitrogens is 1. The summed E-state index contributed by atoms with van der Waals surface area (Å²) in [6, 6.07) is 3.57. The van der Waals surface area contributed by atoms with E-state index in [2.05, 4.69) is 21.9 Å². The third kappa shape index (κ3) is 4.28. The number of halogens is 1. The predicted molar refractivity (Wildman–Crippen MR) is 83.7 cm³/mol. The van der Waals surface area contributed by atoms with Crippen LogP contribution in [0.3, 0.4) is 0 Å². The van der Waals surface area contributed by atoms with E-state index in [1.54, 1.807) is 24.2 Å². The number of rotatable bonds is 5. The van der Waals surface area contributed by atoms with Crippen LogP contribution in [0.2, 0.25) is 5.15 Å². The van der Waals surface area contributed by atoms with Gasteiger partial charge in [0.2, 0.25) is 0 Å². The van der Waals surface area contributed by atoms with Crippen LogP contribution in [0.5, 0.6) is 0 Å². The minimum absolute atomic E-state index is 0.354. The van der Waals surface area contributed by atoms with Gasteiger partial charge in [-0.05, 0) is 18.1 Å². The molecule has 0 aliphatic carbocycles. The SMILES string of the molecule is CCCN1CN(C)/C(=N/[N+](=O)[O-])N(Cc2ccc(Cl)nc2)C1. The van der Waals surface area contributed by atoms with Crippen molar-refractivity contribution in [1.29, 1.82) is 0 Å². The average molecular weight is 327 g/mol. The summed E-state index contributed by atoms with van der Waals surface area (Å²) in [6.45, 7) is 4.73. The van der Waals surface area contributed by atoms with Crippen LogP contribution >= 0.6 is 11.6 Å². The topological polar surface area (TPSA) is 78.1 Å². The van der Waals surface area contributed by atoms with E-state index in [0.29, 0.717) is 31.0 Å². The molecule has 0 atom stereocenters. The molecule has 2 rings (SSSR count). The second-order valence-electron chi connectivity index (χ2n) is 5.20. The lowest BCUT2D eigenvalue weighted by Gasteiger charge is -2.41. The molecular formula is C13H19ClN6O2. The molecule has 0 unspecified atom stereocenters. The molecule has 1 aromatic rings. The van der Waals surface area contributed by atoms with Crippen LogP contribution in [-0.2, 0) is 6.54 Å². The van der Waals surface area contributed by atoms with Crippen LogP contribution in [0.1, 0.15) is 18.9 Å². The Hall–Kier alpha value is -1.93. The van der Waals surface area contributed by atoms with E-state index in [1.807, 2.05) is 11.0 Å². The Balaban J connectivity index is 2.20. The van der Waals surface area contributed by atoms with Gasteiger partial charge in [-0.15, -0.1) is 0 Å². The van der Waals surface area contributed by atoms with Gasteiger partial charge in [0.15, 0.2) is 5.03 Å². The maximum absolute atomic E-state index is 10.8. The van der Waals surface area contributed by atoms with E-state index in [1.165, 1.54) is 0 Å². The van der Waals surface area contributed by atoms with Crippen molar-refractivity contribution in [3.8, 4) is 0 Å². The molecule has 0 radical (unpaired) electrons. The Morgan fingerprint density at radius 3 is 2.82 bits per heavy atom. The Bertz CT molecular complexity index is 550. The molecule has 1 fully saturated rings. The first kappa shape index (κ1) is 16.4. The lowest BCUT2D eigenvalue weighted by atomic mass is 10.2. The van der Waals surface area contributed by atoms with Crippen molar-refractivity contribution in [3.63, 3.8) is 0 Å². The summed E-state index contributed by atoms with van der Waals surface area (Å²) in [5.74, 6) is 0.354. The van der Waals surface area contributed by atoms with Gasteiger partial charge in [-0.1, -0.05) is 24.6 Å². The molecule has 1 saturated heterocycles. The second-order valence-corrected chi connectivity index (χ2v) is 5.59. The van der Waals surface area contributed by atoms with E-state index in [-0.39, 0.29) is 0 Å². The van der Waals surface area contributed by atoms with Crippen molar-refractivity contribution in [1.82, 2.24) is 19.7 Å². The van der Waals surface area contributed by atoms with Gasteiger partial charge in [-0.25, -0.2) is 15.1 Å². The molecule has 0 N–H and O–H groups in total. The summed E-state index contributed by atoms with van der Waals surface area (Å²) < 4.78 is 0. The largest absolute Gasteiger partial charge is 0.328 e. The molecule has 22 heavy (non-hydrogen) atoms. The van der Waals surface area contributed by atoms with E-state index < -0.39 is 5.03 Å². The summed E-state index contributed by atoms with van der Waals surface area (Å²) in [5.41, 5.74) is 0.923. The zero-order valence-electron chi connectivity index (χ0n) is 12.6. The maximum Gasteiger partial charge on any atom is 0.276 e. The molecule has 0 spiro atoms. The summed E-state index contributed by atoms with van der Waals surface area (Å²) in [4.78, 5) is 20.7. The van der Waals surface area contributed by atoms with Gasteiger partial charge in [0, 0.05) is 26.3 Å². The maximum atomic E-state index is 10.8. The number of guanidine groups is 1. The number of pyridine rings is 1. The van der Waals surface area contributed by atoms with Gasteiger partial charge in [-0.3, -0.25) is 4.90 Å². The van der Waals surface area contributed by atoms with Crippen molar-refractivity contribution in [2.75, 3.05) is 26.9 Å². The fourth-order valence-corrected chi connectivity index (χ4v) is 2.58. The molecule has 8 nitrogen and oxygen atoms in total. The minimum Gasteiger partial charge on any atom is -0.328 e. The molecule has 9 heteroatoms. The van der Waals surface area contributed by atoms with Gasteiger partial charge < -0.3 is 9.80 Å². The molecule has 1 aromatic heterocycles. The van der Waals surface area contributed by atoms with E-state index in [0.717, 1.165) is 18.5 Å². The molecule has 1 aliphatic rings. The Morgan fingerprint density at radius 2 is 2.23 bits per heavy atom. The van der Waals surface area contributed by atoms with Crippen LogP contribution in [0.25, 0.3) is 0 Å². The Kier molecular flexibility index (Phi) is 5.51. The summed E-state index contributed by atoms with van der Waals surface area (Å²) >= 11 is 5.79. The highest BCUT2D eigenvalue weighted by molar-refractivity contribution is 6.29. The highest BCUT2D eigenvalue weighted by Gasteiger charge is 2.28. The number of hydrogen-bond acceptors (Lipinski definition) is 4. The molecule has 120 valence electrons. The molecule has 2 heterocycles. The second kappa shape index (κ2) is 7.37. The van der Waals surface area contributed by atoms with Crippen LogP contribution < -0.4 is 0 Å². The molecule has 1 aliphatic heterocycles. The van der Waals surface area contributed by atoms with Crippen molar-refractivity contribution in [2.24, 2.45) is 5.10 Å². The fourth-order valence-electron chi connectivity index (χ4n) is 2.47. The number of hydrazone groups is 1. The van der Waals surface area contributed by atoms with Crippen molar-refractivity contribution in [3.05, 3.63) is 39.2 Å². The van der Waals surface area contributed by atoms with E-state index in [4.69, 9.17) is 11.6 Å². The first-order valence-corrected chi connectivity index (χ1v) is 7.39. The third-order valence-electron chi connectivity index (χ3n) is 3.28. The van der Waals surface area contributed by atoms with Gasteiger partial charge in [0.05, 0.1) is 13.3 Å². The van der Waals surface area contributed by atoms with Crippen LogP contribution in [0, 0.1) is 10.1 Å². The average Bonchev–Trinajstić information content (AvgIpc) is 2.45. The predicted octanol–water partition coefficient (Wildman–Crippen LogP) is 1.66. The Labute approximate surface area is 134 Å². The lowest BCUT2D eigenvalue weighted by molar-refractivity contribution is -0.486. The minimum atomic E-state index is -0.658. The van der Waals surface area contributed by atoms with Crippen molar-refractivity contribution in [2.45, 2.75) is 19.9 Å². The van der Waals surface area contributed by atoms with Crippen molar-refractivity contribution < 1.29 is 5.03 Å². The summed E-state index contributed by atoms with van der Waals surface area (Å²) in [7, 11) is 1.80. The third-order valence-corrected chi connectivity index (χ3v) is 3.50. The molecule has 0 saturated carbocycles. The molecule has 0 aromatic carbocycles. The molecule has 0 bridgehead atoms. The standard InChI is InChI=1S/C13H19ClN6O2/c1-3-6-18-9-17(2)13(16-20(21)22)19(10-18)8-11-4-5-12(14)15-7-11/h4-5,7H,3,6,8-10H2,1-2H3/b16-13-. The number of hydrogen-bond donors (Lipinski definition) is 0. The number of nitro groups is 1. The highest BCUT2D eigenvalue weighted by Crippen LogP contribution is 2.14. The van der Waals surface area contributed by atoms with Gasteiger partial charge >= 0.3 is 0 Å². The molecule has 0 amide bonds. The number of nitrogens with zero attached hydrogens (tertiary/aromatic N) is 6. The van der Waals surface area contributed by atoms with Crippen molar-refractivity contribution >= 4 is 17.6 Å². The molecular weight excluding hydrogens is 308 g/mol. The Morgan fingerprint density at radius 1 is 1.45 bits per heavy atom. The fraction of sp³-hybridized carbons (Fsp3) is 0.538. The highest BCUT2D eigenvalue weighted by atomic mass is 35.5. The lowest BCUT2D eigenvalue weighted by Crippen LogP contribution is -2.57. The monoisotopic (exact) mass is 326 g/mol. The van der Waals surface area contributed by atoms with Gasteiger partial charge in [-0.2, -0.15) is 0 Å². The first-order valence-electron chi connectivity index (χ1n) is 7.01. The zero-order chi connectivity index (χ0) is 16.1. The van der Waals surface area contributed by atoms with Gasteiger partial charge in [0.1, 0.15) is 10.3 Å². The quantitative estimate of drug-likeness (QED) is 0.465. The van der Waals surface area contributed by atoms with Crippen LogP contribution in [0.15, 0.2) is 23.4 Å².